The van der Waals surface area contributed by atoms with Gasteiger partial charge in [-0.25, -0.2) is 9.59 Å². The van der Waals surface area contributed by atoms with Crippen LogP contribution in [-0.4, -0.2) is 39.7 Å². The van der Waals surface area contributed by atoms with Gasteiger partial charge in [-0.1, -0.05) is 37.3 Å². The van der Waals surface area contributed by atoms with Crippen molar-refractivity contribution < 1.29 is 38.0 Å². The van der Waals surface area contributed by atoms with E-state index in [0.29, 0.717) is 62.6 Å². The average molecular weight is 551 g/mol. The molecule has 0 aliphatic carbocycles. The van der Waals surface area contributed by atoms with Crippen molar-refractivity contribution >= 4 is 11.9 Å². The summed E-state index contributed by atoms with van der Waals surface area (Å²) >= 11 is 0. The van der Waals surface area contributed by atoms with Gasteiger partial charge in [0.1, 0.15) is 29.4 Å². The molecule has 3 rings (SSSR count). The SMILES string of the molecule is CCc1c(OCOC)cc(C)c(C(=O)Oc2c(C)c(C)c(C(=O)OCc3ccccc3)c(C)c2C)c1OCOC. The number of ether oxygens (including phenoxy) is 6. The highest BCUT2D eigenvalue weighted by molar-refractivity contribution is 5.98. The van der Waals surface area contributed by atoms with Crippen LogP contribution in [0, 0.1) is 34.6 Å². The molecule has 0 N–H and O–H groups in total. The highest BCUT2D eigenvalue weighted by Crippen LogP contribution is 2.38. The molecule has 0 radical (unpaired) electrons. The Kier molecular flexibility index (Phi) is 10.7. The number of carbonyl (C=O) groups excluding carboxylic acids is 2. The fourth-order valence-electron chi connectivity index (χ4n) is 4.59. The zero-order valence-electron chi connectivity index (χ0n) is 24.6. The number of benzene rings is 3. The molecule has 0 amide bonds. The zero-order valence-corrected chi connectivity index (χ0v) is 24.6. The molecule has 214 valence electrons. The molecule has 0 heterocycles. The maximum absolute atomic E-state index is 13.7. The van der Waals surface area contributed by atoms with Gasteiger partial charge in [0.15, 0.2) is 13.6 Å². The number of carbonyl (C=O) groups is 2. The van der Waals surface area contributed by atoms with E-state index in [2.05, 4.69) is 0 Å². The molecule has 0 bridgehead atoms. The molecule has 3 aromatic rings. The smallest absolute Gasteiger partial charge is 0.347 e. The van der Waals surface area contributed by atoms with E-state index in [-0.39, 0.29) is 25.8 Å². The molecule has 8 heteroatoms. The maximum Gasteiger partial charge on any atom is 0.347 e. The van der Waals surface area contributed by atoms with Crippen molar-refractivity contribution in [3.63, 3.8) is 0 Å². The number of methoxy groups -OCH3 is 2. The van der Waals surface area contributed by atoms with Gasteiger partial charge >= 0.3 is 11.9 Å². The Bertz CT molecular complexity index is 1330. The molecule has 40 heavy (non-hydrogen) atoms. The highest BCUT2D eigenvalue weighted by Gasteiger charge is 2.28. The lowest BCUT2D eigenvalue weighted by atomic mass is 9.93. The number of aryl methyl sites for hydroxylation is 1. The van der Waals surface area contributed by atoms with E-state index in [1.807, 2.05) is 65.0 Å². The first-order valence-electron chi connectivity index (χ1n) is 13.1. The van der Waals surface area contributed by atoms with Gasteiger partial charge in [0, 0.05) is 19.8 Å². The summed E-state index contributed by atoms with van der Waals surface area (Å²) in [6.07, 6.45) is 0.536. The minimum Gasteiger partial charge on any atom is -0.467 e. The Morgan fingerprint density at radius 2 is 1.32 bits per heavy atom. The largest absolute Gasteiger partial charge is 0.467 e. The van der Waals surface area contributed by atoms with Gasteiger partial charge in [-0.3, -0.25) is 0 Å². The Morgan fingerprint density at radius 3 is 1.90 bits per heavy atom. The number of esters is 2. The Labute approximate surface area is 236 Å². The predicted molar refractivity (Wildman–Crippen MR) is 151 cm³/mol. The van der Waals surface area contributed by atoms with Crippen LogP contribution >= 0.6 is 0 Å². The van der Waals surface area contributed by atoms with Gasteiger partial charge in [-0.15, -0.1) is 0 Å². The number of hydrogen-bond acceptors (Lipinski definition) is 8. The molecule has 0 saturated heterocycles. The Balaban J connectivity index is 1.99. The molecule has 0 atom stereocenters. The van der Waals surface area contributed by atoms with Crippen LogP contribution in [-0.2, 0) is 27.2 Å². The highest BCUT2D eigenvalue weighted by atomic mass is 16.7. The normalized spacial score (nSPS) is 10.8. The molecular formula is C32H38O8. The summed E-state index contributed by atoms with van der Waals surface area (Å²) in [4.78, 5) is 26.8. The standard InChI is InChI=1S/C32H38O8/c1-9-25-26(38-17-35-7)15-19(2)27(30(25)39-18-36-8)32(34)40-29-22(5)20(3)28(21(4)23(29)6)31(33)37-16-24-13-11-10-12-14-24/h10-15H,9,16-18H2,1-8H3. The molecule has 0 aromatic heterocycles. The third-order valence-electron chi connectivity index (χ3n) is 6.92. The molecular weight excluding hydrogens is 512 g/mol. The fraction of sp³-hybridized carbons (Fsp3) is 0.375. The first-order valence-corrected chi connectivity index (χ1v) is 13.1. The van der Waals surface area contributed by atoms with E-state index in [9.17, 15) is 9.59 Å². The van der Waals surface area contributed by atoms with Crippen LogP contribution in [0.3, 0.4) is 0 Å². The number of hydrogen-bond donors (Lipinski definition) is 0. The zero-order chi connectivity index (χ0) is 29.4. The Hall–Kier alpha value is -3.88. The Morgan fingerprint density at radius 1 is 0.725 bits per heavy atom. The third kappa shape index (κ3) is 6.63. The summed E-state index contributed by atoms with van der Waals surface area (Å²) in [5, 5.41) is 0. The summed E-state index contributed by atoms with van der Waals surface area (Å²) in [6, 6.07) is 11.3. The van der Waals surface area contributed by atoms with Crippen molar-refractivity contribution in [2.45, 2.75) is 54.6 Å². The van der Waals surface area contributed by atoms with E-state index >= 15 is 0 Å². The van der Waals surface area contributed by atoms with Gasteiger partial charge in [-0.05, 0) is 80.5 Å². The quantitative estimate of drug-likeness (QED) is 0.147. The van der Waals surface area contributed by atoms with E-state index in [1.54, 1.807) is 13.0 Å². The van der Waals surface area contributed by atoms with Crippen LogP contribution in [0.2, 0.25) is 0 Å². The van der Waals surface area contributed by atoms with Gasteiger partial charge in [0.25, 0.3) is 0 Å². The summed E-state index contributed by atoms with van der Waals surface area (Å²) in [7, 11) is 3.04. The summed E-state index contributed by atoms with van der Waals surface area (Å²) in [5.74, 6) is 0.288. The first kappa shape index (κ1) is 30.7. The van der Waals surface area contributed by atoms with E-state index < -0.39 is 11.9 Å². The van der Waals surface area contributed by atoms with Gasteiger partial charge < -0.3 is 28.4 Å². The van der Waals surface area contributed by atoms with Crippen molar-refractivity contribution in [3.05, 3.63) is 86.5 Å². The van der Waals surface area contributed by atoms with Crippen LogP contribution in [0.5, 0.6) is 17.2 Å². The monoisotopic (exact) mass is 550 g/mol. The van der Waals surface area contributed by atoms with Crippen LogP contribution in [0.1, 0.15) is 66.6 Å². The van der Waals surface area contributed by atoms with Crippen molar-refractivity contribution in [1.29, 1.82) is 0 Å². The molecule has 0 spiro atoms. The lowest BCUT2D eigenvalue weighted by molar-refractivity contribution is 0.0433. The van der Waals surface area contributed by atoms with E-state index in [1.165, 1.54) is 14.2 Å². The second kappa shape index (κ2) is 14.0. The fourth-order valence-corrected chi connectivity index (χ4v) is 4.59. The number of rotatable bonds is 12. The minimum absolute atomic E-state index is 0.0526. The van der Waals surface area contributed by atoms with Gasteiger partial charge in [-0.2, -0.15) is 0 Å². The second-order valence-electron chi connectivity index (χ2n) is 9.48. The van der Waals surface area contributed by atoms with Crippen LogP contribution < -0.4 is 14.2 Å². The minimum atomic E-state index is -0.582. The van der Waals surface area contributed by atoms with Crippen molar-refractivity contribution in [3.8, 4) is 17.2 Å². The van der Waals surface area contributed by atoms with Gasteiger partial charge in [0.05, 0.1) is 5.56 Å². The molecule has 3 aromatic carbocycles. The molecule has 0 saturated carbocycles. The predicted octanol–water partition coefficient (Wildman–Crippen LogP) is 6.33. The maximum atomic E-state index is 13.7. The van der Waals surface area contributed by atoms with Crippen molar-refractivity contribution in [1.82, 2.24) is 0 Å². The van der Waals surface area contributed by atoms with Crippen molar-refractivity contribution in [2.24, 2.45) is 0 Å². The van der Waals surface area contributed by atoms with Crippen molar-refractivity contribution in [2.75, 3.05) is 27.8 Å². The molecule has 0 unspecified atom stereocenters. The average Bonchev–Trinajstić information content (AvgIpc) is 2.95. The van der Waals surface area contributed by atoms with Crippen LogP contribution in [0.25, 0.3) is 0 Å². The summed E-state index contributed by atoms with van der Waals surface area (Å²) < 4.78 is 33.5. The van der Waals surface area contributed by atoms with Crippen LogP contribution in [0.15, 0.2) is 36.4 Å². The summed E-state index contributed by atoms with van der Waals surface area (Å²) in [6.45, 7) is 11.2. The molecule has 0 aliphatic rings. The van der Waals surface area contributed by atoms with E-state index in [4.69, 9.17) is 28.4 Å². The third-order valence-corrected chi connectivity index (χ3v) is 6.92. The van der Waals surface area contributed by atoms with E-state index in [0.717, 1.165) is 5.56 Å². The molecule has 0 aliphatic heterocycles. The lowest BCUT2D eigenvalue weighted by Crippen LogP contribution is -2.18. The summed E-state index contributed by atoms with van der Waals surface area (Å²) in [5.41, 5.74) is 5.69. The lowest BCUT2D eigenvalue weighted by Gasteiger charge is -2.22. The first-order chi connectivity index (χ1) is 19.2. The van der Waals surface area contributed by atoms with Gasteiger partial charge in [0.2, 0.25) is 0 Å². The second-order valence-corrected chi connectivity index (χ2v) is 9.48. The topological polar surface area (TPSA) is 89.5 Å². The molecule has 0 fully saturated rings. The molecule has 8 nitrogen and oxygen atoms in total. The van der Waals surface area contributed by atoms with Crippen LogP contribution in [0.4, 0.5) is 0 Å².